The molecule has 3 heteroatoms. The first kappa shape index (κ1) is 13.6. The summed E-state index contributed by atoms with van der Waals surface area (Å²) in [6.07, 6.45) is 4.85. The van der Waals surface area contributed by atoms with Crippen LogP contribution in [0.15, 0.2) is 12.7 Å². The molecule has 0 fully saturated rings. The molecule has 0 radical (unpaired) electrons. The van der Waals surface area contributed by atoms with Gasteiger partial charge in [0.2, 0.25) is 0 Å². The zero-order valence-electron chi connectivity index (χ0n) is 9.17. The highest BCUT2D eigenvalue weighted by Crippen LogP contribution is 1.94. The molecule has 3 nitrogen and oxygen atoms in total. The third kappa shape index (κ3) is 9.71. The monoisotopic (exact) mass is 201 g/mol. The van der Waals surface area contributed by atoms with Crippen LogP contribution < -0.4 is 5.32 Å². The number of aliphatic hydroxyl groups is 1. The second kappa shape index (κ2) is 10.7. The molecule has 0 bridgehead atoms. The molecule has 0 saturated heterocycles. The van der Waals surface area contributed by atoms with Crippen molar-refractivity contribution in [2.45, 2.75) is 32.3 Å². The van der Waals surface area contributed by atoms with E-state index in [1.165, 1.54) is 12.8 Å². The highest BCUT2D eigenvalue weighted by Gasteiger charge is 2.01. The maximum absolute atomic E-state index is 9.41. The number of aliphatic hydroxyl groups excluding tert-OH is 1. The average molecular weight is 201 g/mol. The molecule has 0 aliphatic carbocycles. The van der Waals surface area contributed by atoms with Gasteiger partial charge < -0.3 is 15.2 Å². The van der Waals surface area contributed by atoms with Crippen LogP contribution in [0.4, 0.5) is 0 Å². The van der Waals surface area contributed by atoms with E-state index in [0.717, 1.165) is 19.6 Å². The van der Waals surface area contributed by atoms with Gasteiger partial charge in [-0.15, -0.1) is 6.58 Å². The van der Waals surface area contributed by atoms with Gasteiger partial charge in [-0.2, -0.15) is 0 Å². The molecule has 0 spiro atoms. The van der Waals surface area contributed by atoms with Gasteiger partial charge in [-0.3, -0.25) is 0 Å². The van der Waals surface area contributed by atoms with Crippen LogP contribution in [0.1, 0.15) is 26.2 Å². The normalized spacial score (nSPS) is 12.7. The molecule has 0 amide bonds. The van der Waals surface area contributed by atoms with Gasteiger partial charge in [-0.05, 0) is 6.42 Å². The molecule has 0 aliphatic rings. The van der Waals surface area contributed by atoms with E-state index in [0.29, 0.717) is 13.2 Å². The molecule has 14 heavy (non-hydrogen) atoms. The number of hydrogen-bond donors (Lipinski definition) is 2. The highest BCUT2D eigenvalue weighted by atomic mass is 16.5. The fourth-order valence-electron chi connectivity index (χ4n) is 1.08. The van der Waals surface area contributed by atoms with Gasteiger partial charge in [0, 0.05) is 19.7 Å². The number of unbranched alkanes of at least 4 members (excludes halogenated alkanes) is 2. The molecule has 0 heterocycles. The Morgan fingerprint density at radius 1 is 1.50 bits per heavy atom. The third-order valence-electron chi connectivity index (χ3n) is 1.87. The lowest BCUT2D eigenvalue weighted by Crippen LogP contribution is -2.30. The van der Waals surface area contributed by atoms with Crippen molar-refractivity contribution in [2.24, 2.45) is 0 Å². The van der Waals surface area contributed by atoms with Crippen LogP contribution in [0, 0.1) is 0 Å². The molecule has 1 atom stereocenters. The minimum Gasteiger partial charge on any atom is -0.389 e. The van der Waals surface area contributed by atoms with E-state index in [1.807, 2.05) is 0 Å². The Hall–Kier alpha value is -0.380. The molecular formula is C11H23NO2. The fraction of sp³-hybridized carbons (Fsp3) is 0.818. The van der Waals surface area contributed by atoms with Gasteiger partial charge in [0.05, 0.1) is 12.7 Å². The lowest BCUT2D eigenvalue weighted by Gasteiger charge is -2.11. The summed E-state index contributed by atoms with van der Waals surface area (Å²) < 4.78 is 5.31. The van der Waals surface area contributed by atoms with Gasteiger partial charge in [-0.25, -0.2) is 0 Å². The zero-order valence-corrected chi connectivity index (χ0v) is 9.17. The summed E-state index contributed by atoms with van der Waals surface area (Å²) in [6.45, 7) is 8.22. The molecule has 0 saturated carbocycles. The molecule has 0 aromatic carbocycles. The Balaban J connectivity index is 3.09. The SMILES string of the molecule is C=CCNCC(O)COCCCCC. The number of ether oxygens (including phenoxy) is 1. The lowest BCUT2D eigenvalue weighted by molar-refractivity contribution is 0.0360. The predicted molar refractivity (Wildman–Crippen MR) is 59.4 cm³/mol. The van der Waals surface area contributed by atoms with Gasteiger partial charge in [-0.1, -0.05) is 25.8 Å². The van der Waals surface area contributed by atoms with Crippen molar-refractivity contribution in [3.63, 3.8) is 0 Å². The summed E-state index contributed by atoms with van der Waals surface area (Å²) in [5.74, 6) is 0. The largest absolute Gasteiger partial charge is 0.389 e. The minimum absolute atomic E-state index is 0.406. The Morgan fingerprint density at radius 2 is 2.29 bits per heavy atom. The van der Waals surface area contributed by atoms with Crippen molar-refractivity contribution in [2.75, 3.05) is 26.3 Å². The van der Waals surface area contributed by atoms with E-state index in [4.69, 9.17) is 4.74 Å². The van der Waals surface area contributed by atoms with Crippen molar-refractivity contribution >= 4 is 0 Å². The summed E-state index contributed by atoms with van der Waals surface area (Å²) in [5, 5.41) is 12.4. The molecule has 0 rings (SSSR count). The fourth-order valence-corrected chi connectivity index (χ4v) is 1.08. The molecule has 0 aromatic rings. The molecular weight excluding hydrogens is 178 g/mol. The van der Waals surface area contributed by atoms with Crippen LogP contribution in [0.2, 0.25) is 0 Å². The molecule has 0 aliphatic heterocycles. The van der Waals surface area contributed by atoms with Crippen LogP contribution in [-0.2, 0) is 4.74 Å². The predicted octanol–water partition coefficient (Wildman–Crippen LogP) is 1.33. The van der Waals surface area contributed by atoms with Crippen molar-refractivity contribution < 1.29 is 9.84 Å². The summed E-state index contributed by atoms with van der Waals surface area (Å²) in [4.78, 5) is 0. The van der Waals surface area contributed by atoms with Crippen molar-refractivity contribution in [1.82, 2.24) is 5.32 Å². The van der Waals surface area contributed by atoms with Crippen LogP contribution >= 0.6 is 0 Å². The van der Waals surface area contributed by atoms with Gasteiger partial charge >= 0.3 is 0 Å². The van der Waals surface area contributed by atoms with E-state index < -0.39 is 6.10 Å². The van der Waals surface area contributed by atoms with Crippen molar-refractivity contribution in [3.05, 3.63) is 12.7 Å². The summed E-state index contributed by atoms with van der Waals surface area (Å²) in [5.41, 5.74) is 0. The molecule has 0 aromatic heterocycles. The number of nitrogens with one attached hydrogen (secondary N) is 1. The second-order valence-electron chi connectivity index (χ2n) is 3.38. The number of hydrogen-bond acceptors (Lipinski definition) is 3. The van der Waals surface area contributed by atoms with E-state index in [1.54, 1.807) is 6.08 Å². The van der Waals surface area contributed by atoms with Crippen LogP contribution in [0.5, 0.6) is 0 Å². The highest BCUT2D eigenvalue weighted by molar-refractivity contribution is 4.71. The van der Waals surface area contributed by atoms with Gasteiger partial charge in [0.25, 0.3) is 0 Å². The average Bonchev–Trinajstić information content (AvgIpc) is 2.18. The maximum atomic E-state index is 9.41. The van der Waals surface area contributed by atoms with Gasteiger partial charge in [0.1, 0.15) is 0 Å². The Bertz CT molecular complexity index is 128. The second-order valence-corrected chi connectivity index (χ2v) is 3.38. The van der Waals surface area contributed by atoms with Crippen LogP contribution in [0.3, 0.4) is 0 Å². The lowest BCUT2D eigenvalue weighted by atomic mass is 10.3. The Morgan fingerprint density at radius 3 is 2.93 bits per heavy atom. The van der Waals surface area contributed by atoms with Crippen molar-refractivity contribution in [3.8, 4) is 0 Å². The standard InChI is InChI=1S/C11H23NO2/c1-3-5-6-8-14-10-11(13)9-12-7-4-2/h4,11-13H,2-3,5-10H2,1H3. The molecule has 84 valence electrons. The third-order valence-corrected chi connectivity index (χ3v) is 1.87. The van der Waals surface area contributed by atoms with Crippen LogP contribution in [0.25, 0.3) is 0 Å². The zero-order chi connectivity index (χ0) is 10.6. The topological polar surface area (TPSA) is 41.5 Å². The summed E-state index contributed by atoms with van der Waals surface area (Å²) in [7, 11) is 0. The quantitative estimate of drug-likeness (QED) is 0.414. The van der Waals surface area contributed by atoms with Crippen molar-refractivity contribution in [1.29, 1.82) is 0 Å². The first-order chi connectivity index (χ1) is 6.81. The first-order valence-corrected chi connectivity index (χ1v) is 5.38. The summed E-state index contributed by atoms with van der Waals surface area (Å²) in [6, 6.07) is 0. The smallest absolute Gasteiger partial charge is 0.0897 e. The maximum Gasteiger partial charge on any atom is 0.0897 e. The minimum atomic E-state index is -0.406. The first-order valence-electron chi connectivity index (χ1n) is 5.38. The summed E-state index contributed by atoms with van der Waals surface area (Å²) >= 11 is 0. The van der Waals surface area contributed by atoms with Crippen LogP contribution in [-0.4, -0.2) is 37.5 Å². The van der Waals surface area contributed by atoms with E-state index in [-0.39, 0.29) is 0 Å². The Labute approximate surface area is 87.2 Å². The van der Waals surface area contributed by atoms with Gasteiger partial charge in [0.15, 0.2) is 0 Å². The van der Waals surface area contributed by atoms with E-state index in [2.05, 4.69) is 18.8 Å². The molecule has 2 N–H and O–H groups in total. The molecule has 1 unspecified atom stereocenters. The Kier molecular flexibility index (Phi) is 10.4. The van der Waals surface area contributed by atoms with E-state index >= 15 is 0 Å². The van der Waals surface area contributed by atoms with E-state index in [9.17, 15) is 5.11 Å². The number of rotatable bonds is 10.